The van der Waals surface area contributed by atoms with Crippen LogP contribution in [0.15, 0.2) is 12.2 Å². The van der Waals surface area contributed by atoms with E-state index in [4.69, 9.17) is 5.11 Å². The van der Waals surface area contributed by atoms with Gasteiger partial charge in [-0.15, -0.1) is 0 Å². The van der Waals surface area contributed by atoms with E-state index in [-0.39, 0.29) is 5.91 Å². The first-order valence-corrected chi connectivity index (χ1v) is 11.3. The molecule has 0 saturated heterocycles. The van der Waals surface area contributed by atoms with E-state index in [9.17, 15) is 9.59 Å². The molecule has 0 radical (unpaired) electrons. The predicted molar refractivity (Wildman–Crippen MR) is 110 cm³/mol. The molecular formula is C23H39NO3. The summed E-state index contributed by atoms with van der Waals surface area (Å²) in [6, 6.07) is 0. The zero-order chi connectivity index (χ0) is 19.5. The van der Waals surface area contributed by atoms with Gasteiger partial charge in [0.2, 0.25) is 5.91 Å². The number of amides is 1. The number of carboxylic acids is 1. The van der Waals surface area contributed by atoms with Crippen LogP contribution in [0.3, 0.4) is 0 Å². The lowest BCUT2D eigenvalue weighted by molar-refractivity contribution is -0.143. The molecule has 154 valence electrons. The number of unbranched alkanes of at least 4 members (excludes halogenated alkanes) is 7. The highest BCUT2D eigenvalue weighted by atomic mass is 16.4. The van der Waals surface area contributed by atoms with Gasteiger partial charge in [0.15, 0.2) is 0 Å². The molecule has 0 spiro atoms. The maximum atomic E-state index is 11.8. The fourth-order valence-electron chi connectivity index (χ4n) is 3.92. The zero-order valence-electron chi connectivity index (χ0n) is 17.2. The number of carboxylic acid groups (broad SMARTS) is 1. The van der Waals surface area contributed by atoms with Gasteiger partial charge in [-0.2, -0.15) is 0 Å². The molecule has 2 rings (SSSR count). The third kappa shape index (κ3) is 8.49. The lowest BCUT2D eigenvalue weighted by Crippen LogP contribution is -2.42. The van der Waals surface area contributed by atoms with Crippen molar-refractivity contribution in [1.82, 2.24) is 5.32 Å². The second-order valence-corrected chi connectivity index (χ2v) is 8.70. The normalized spacial score (nSPS) is 22.7. The minimum absolute atomic E-state index is 0.0986. The van der Waals surface area contributed by atoms with Crippen molar-refractivity contribution in [1.29, 1.82) is 0 Å². The van der Waals surface area contributed by atoms with E-state index < -0.39 is 11.5 Å². The quantitative estimate of drug-likeness (QED) is 0.271. The van der Waals surface area contributed by atoms with Crippen LogP contribution in [0.4, 0.5) is 0 Å². The van der Waals surface area contributed by atoms with E-state index >= 15 is 0 Å². The molecule has 0 heterocycles. The van der Waals surface area contributed by atoms with Crippen LogP contribution in [0.2, 0.25) is 0 Å². The molecule has 0 bridgehead atoms. The Hall–Kier alpha value is -1.32. The third-order valence-electron chi connectivity index (χ3n) is 6.17. The Morgan fingerprint density at radius 1 is 1.00 bits per heavy atom. The highest BCUT2D eigenvalue weighted by molar-refractivity contribution is 5.89. The van der Waals surface area contributed by atoms with E-state index in [0.717, 1.165) is 24.7 Å². The summed E-state index contributed by atoms with van der Waals surface area (Å²) in [7, 11) is 0. The number of aliphatic carboxylic acids is 1. The minimum atomic E-state index is -0.928. The van der Waals surface area contributed by atoms with Crippen LogP contribution in [0, 0.1) is 11.8 Å². The van der Waals surface area contributed by atoms with Gasteiger partial charge in [0.1, 0.15) is 5.54 Å². The summed E-state index contributed by atoms with van der Waals surface area (Å²) in [4.78, 5) is 22.8. The lowest BCUT2D eigenvalue weighted by atomic mass is 10.1. The largest absolute Gasteiger partial charge is 0.480 e. The number of nitrogens with one attached hydrogen (secondary N) is 1. The van der Waals surface area contributed by atoms with Gasteiger partial charge in [0, 0.05) is 6.42 Å². The molecule has 0 aliphatic heterocycles. The van der Waals surface area contributed by atoms with Crippen molar-refractivity contribution < 1.29 is 14.7 Å². The molecule has 1 amide bonds. The molecule has 2 N–H and O–H groups in total. The van der Waals surface area contributed by atoms with Gasteiger partial charge in [-0.3, -0.25) is 4.79 Å². The molecule has 2 aliphatic rings. The number of carbonyl (C=O) groups excluding carboxylic acids is 1. The summed E-state index contributed by atoms with van der Waals surface area (Å²) in [5.74, 6) is 0.918. The fraction of sp³-hybridized carbons (Fsp3) is 0.826. The van der Waals surface area contributed by atoms with Gasteiger partial charge >= 0.3 is 5.97 Å². The molecule has 2 atom stereocenters. The van der Waals surface area contributed by atoms with Crippen molar-refractivity contribution in [3.63, 3.8) is 0 Å². The zero-order valence-corrected chi connectivity index (χ0v) is 17.2. The molecule has 2 aliphatic carbocycles. The molecule has 2 fully saturated rings. The number of hydrogen-bond acceptors (Lipinski definition) is 2. The first-order chi connectivity index (χ1) is 13.1. The van der Waals surface area contributed by atoms with Crippen molar-refractivity contribution in [2.45, 2.75) is 109 Å². The minimum Gasteiger partial charge on any atom is -0.480 e. The second kappa shape index (κ2) is 11.5. The van der Waals surface area contributed by atoms with Gasteiger partial charge in [-0.05, 0) is 56.8 Å². The average molecular weight is 378 g/mol. The lowest BCUT2D eigenvalue weighted by Gasteiger charge is -2.12. The molecule has 2 unspecified atom stereocenters. The predicted octanol–water partition coefficient (Wildman–Crippen LogP) is 5.61. The summed E-state index contributed by atoms with van der Waals surface area (Å²) in [5, 5.41) is 11.7. The van der Waals surface area contributed by atoms with Crippen LogP contribution in [-0.4, -0.2) is 22.5 Å². The summed E-state index contributed by atoms with van der Waals surface area (Å²) in [5.41, 5.74) is -0.928. The molecular weight excluding hydrogens is 338 g/mol. The van der Waals surface area contributed by atoms with E-state index in [1.54, 1.807) is 0 Å². The standard InChI is InChI=1S/C23H39NO3/c1-2-3-4-5-7-10-13-19-18-20(19)14-11-8-6-9-12-15-21(25)24-23(16-17-23)22(26)27/h7,10,19-20H,2-6,8-9,11-18H2,1H3,(H,24,25)(H,26,27)/b10-7-. The monoisotopic (exact) mass is 377 g/mol. The van der Waals surface area contributed by atoms with E-state index in [1.807, 2.05) is 0 Å². The highest BCUT2D eigenvalue weighted by Gasteiger charge is 2.51. The first-order valence-electron chi connectivity index (χ1n) is 11.3. The molecule has 4 heteroatoms. The number of rotatable bonds is 16. The maximum absolute atomic E-state index is 11.8. The molecule has 2 saturated carbocycles. The summed E-state index contributed by atoms with van der Waals surface area (Å²) in [6.45, 7) is 2.25. The van der Waals surface area contributed by atoms with Crippen LogP contribution in [0.5, 0.6) is 0 Å². The first kappa shape index (κ1) is 22.0. The van der Waals surface area contributed by atoms with E-state index in [2.05, 4.69) is 24.4 Å². The van der Waals surface area contributed by atoms with Crippen molar-refractivity contribution in [3.05, 3.63) is 12.2 Å². The van der Waals surface area contributed by atoms with Gasteiger partial charge in [-0.25, -0.2) is 4.79 Å². The van der Waals surface area contributed by atoms with Crippen molar-refractivity contribution in [2.75, 3.05) is 0 Å². The Kier molecular flexibility index (Phi) is 9.36. The van der Waals surface area contributed by atoms with Crippen LogP contribution >= 0.6 is 0 Å². The van der Waals surface area contributed by atoms with Crippen LogP contribution < -0.4 is 5.32 Å². The molecule has 0 aromatic rings. The molecule has 4 nitrogen and oxygen atoms in total. The Labute approximate surface area is 165 Å². The Morgan fingerprint density at radius 2 is 1.74 bits per heavy atom. The van der Waals surface area contributed by atoms with Crippen molar-refractivity contribution in [3.8, 4) is 0 Å². The topological polar surface area (TPSA) is 66.4 Å². The van der Waals surface area contributed by atoms with Crippen LogP contribution in [0.1, 0.15) is 103 Å². The number of carbonyl (C=O) groups is 2. The van der Waals surface area contributed by atoms with E-state index in [1.165, 1.54) is 64.2 Å². The second-order valence-electron chi connectivity index (χ2n) is 8.70. The summed E-state index contributed by atoms with van der Waals surface area (Å²) < 4.78 is 0. The van der Waals surface area contributed by atoms with Crippen LogP contribution in [0.25, 0.3) is 0 Å². The van der Waals surface area contributed by atoms with Crippen molar-refractivity contribution in [2.24, 2.45) is 11.8 Å². The Morgan fingerprint density at radius 3 is 2.44 bits per heavy atom. The number of hydrogen-bond donors (Lipinski definition) is 2. The van der Waals surface area contributed by atoms with Gasteiger partial charge in [-0.1, -0.05) is 64.0 Å². The fourth-order valence-corrected chi connectivity index (χ4v) is 3.92. The highest BCUT2D eigenvalue weighted by Crippen LogP contribution is 2.45. The molecule has 0 aromatic carbocycles. The average Bonchev–Trinajstić information content (AvgIpc) is 3.54. The number of allylic oxidation sites excluding steroid dienone is 2. The van der Waals surface area contributed by atoms with Gasteiger partial charge in [0.25, 0.3) is 0 Å². The van der Waals surface area contributed by atoms with Crippen molar-refractivity contribution >= 4 is 11.9 Å². The maximum Gasteiger partial charge on any atom is 0.329 e. The Bertz CT molecular complexity index is 496. The van der Waals surface area contributed by atoms with Crippen LogP contribution in [-0.2, 0) is 9.59 Å². The van der Waals surface area contributed by atoms with Gasteiger partial charge in [0.05, 0.1) is 0 Å². The van der Waals surface area contributed by atoms with Gasteiger partial charge < -0.3 is 10.4 Å². The third-order valence-corrected chi connectivity index (χ3v) is 6.17. The van der Waals surface area contributed by atoms with E-state index in [0.29, 0.717) is 19.3 Å². The molecule has 27 heavy (non-hydrogen) atoms. The smallest absolute Gasteiger partial charge is 0.329 e. The molecule has 0 aromatic heterocycles. The summed E-state index contributed by atoms with van der Waals surface area (Å²) >= 11 is 0. The SMILES string of the molecule is CCCCC/C=C\CC1CC1CCCCCCCC(=O)NC1(C(=O)O)CC1. The summed E-state index contributed by atoms with van der Waals surface area (Å²) in [6.07, 6.45) is 21.4. The Balaban J connectivity index is 1.36.